The van der Waals surface area contributed by atoms with Gasteiger partial charge in [-0.25, -0.2) is 0 Å². The Balaban J connectivity index is 1.46. The number of fused-ring (bicyclic) bond motifs is 12. The molecule has 0 bridgehead atoms. The molecule has 0 atom stereocenters. The first kappa shape index (κ1) is 26.3. The van der Waals surface area contributed by atoms with Crippen molar-refractivity contribution in [1.82, 2.24) is 14.1 Å². The molecule has 0 spiro atoms. The van der Waals surface area contributed by atoms with Crippen molar-refractivity contribution in [1.29, 1.82) is 0 Å². The SMILES string of the molecule is CC1(C)c2ccccc2-c2c1c1c3ccccc3n(-c3ccccc3)c1c1c3ccccc3n(-c3ccc(-c4cccnc4)cc3)c21. The molecule has 0 radical (unpaired) electrons. The molecule has 3 aromatic heterocycles. The summed E-state index contributed by atoms with van der Waals surface area (Å²) in [4.78, 5) is 4.36. The minimum absolute atomic E-state index is 0.199. The summed E-state index contributed by atoms with van der Waals surface area (Å²) in [6.45, 7) is 4.82. The third kappa shape index (κ3) is 3.49. The number of rotatable bonds is 3. The molecule has 0 fully saturated rings. The van der Waals surface area contributed by atoms with Crippen LogP contribution in [0.25, 0.3) is 77.2 Å². The summed E-state index contributed by atoms with van der Waals surface area (Å²) >= 11 is 0. The molecule has 0 unspecified atom stereocenters. The van der Waals surface area contributed by atoms with Gasteiger partial charge in [0.1, 0.15) is 0 Å². The Morgan fingerprint density at radius 3 is 1.85 bits per heavy atom. The fourth-order valence-electron chi connectivity index (χ4n) is 8.41. The van der Waals surface area contributed by atoms with E-state index in [-0.39, 0.29) is 5.41 Å². The topological polar surface area (TPSA) is 22.8 Å². The maximum atomic E-state index is 4.36. The van der Waals surface area contributed by atoms with Crippen molar-refractivity contribution in [2.75, 3.05) is 0 Å². The first-order chi connectivity index (χ1) is 23.1. The molecule has 222 valence electrons. The highest BCUT2D eigenvalue weighted by Crippen LogP contribution is 2.58. The molecule has 0 saturated carbocycles. The van der Waals surface area contributed by atoms with Crippen LogP contribution in [0.4, 0.5) is 0 Å². The zero-order valence-corrected chi connectivity index (χ0v) is 26.3. The maximum absolute atomic E-state index is 4.36. The Morgan fingerprint density at radius 1 is 0.511 bits per heavy atom. The molecule has 10 rings (SSSR count). The van der Waals surface area contributed by atoms with Gasteiger partial charge in [0.05, 0.1) is 22.1 Å². The number of para-hydroxylation sites is 3. The predicted molar refractivity (Wildman–Crippen MR) is 196 cm³/mol. The standard InChI is InChI=1S/C44H31N3/c1-44(2)35-19-9-6-16-32(35)38-41(44)39-33-17-7-10-20-36(33)46(30-14-4-3-5-15-30)43(39)40-34-18-8-11-21-37(34)47(42(38)40)31-24-22-28(23-25-31)29-13-12-26-45-27-29/h3-27H,1-2H3. The summed E-state index contributed by atoms with van der Waals surface area (Å²) in [7, 11) is 0. The van der Waals surface area contributed by atoms with Crippen molar-refractivity contribution in [3.63, 3.8) is 0 Å². The molecule has 0 aliphatic heterocycles. The van der Waals surface area contributed by atoms with E-state index >= 15 is 0 Å². The largest absolute Gasteiger partial charge is 0.309 e. The van der Waals surface area contributed by atoms with E-state index in [1.165, 1.54) is 71.6 Å². The number of hydrogen-bond donors (Lipinski definition) is 0. The smallest absolute Gasteiger partial charge is 0.0644 e. The summed E-state index contributed by atoms with van der Waals surface area (Å²) in [5.74, 6) is 0. The lowest BCUT2D eigenvalue weighted by molar-refractivity contribution is 0.667. The first-order valence-electron chi connectivity index (χ1n) is 16.3. The summed E-state index contributed by atoms with van der Waals surface area (Å²) in [5.41, 5.74) is 14.8. The van der Waals surface area contributed by atoms with Crippen LogP contribution in [-0.4, -0.2) is 14.1 Å². The number of benzene rings is 6. The third-order valence-electron chi connectivity index (χ3n) is 10.4. The van der Waals surface area contributed by atoms with E-state index < -0.39 is 0 Å². The monoisotopic (exact) mass is 601 g/mol. The van der Waals surface area contributed by atoms with Gasteiger partial charge in [0, 0.05) is 56.3 Å². The maximum Gasteiger partial charge on any atom is 0.0644 e. The quantitative estimate of drug-likeness (QED) is 0.198. The van der Waals surface area contributed by atoms with Crippen LogP contribution in [0.15, 0.2) is 152 Å². The van der Waals surface area contributed by atoms with Gasteiger partial charge >= 0.3 is 0 Å². The van der Waals surface area contributed by atoms with Crippen molar-refractivity contribution in [3.05, 3.63) is 163 Å². The summed E-state index contributed by atoms with van der Waals surface area (Å²) in [5, 5.41) is 5.19. The van der Waals surface area contributed by atoms with Crippen molar-refractivity contribution < 1.29 is 0 Å². The van der Waals surface area contributed by atoms with Crippen molar-refractivity contribution >= 4 is 43.6 Å². The van der Waals surface area contributed by atoms with Gasteiger partial charge in [0.2, 0.25) is 0 Å². The number of hydrogen-bond acceptors (Lipinski definition) is 1. The van der Waals surface area contributed by atoms with Crippen LogP contribution >= 0.6 is 0 Å². The molecule has 0 amide bonds. The number of aromatic nitrogens is 3. The molecule has 47 heavy (non-hydrogen) atoms. The van der Waals surface area contributed by atoms with Crippen LogP contribution in [0.2, 0.25) is 0 Å². The fourth-order valence-corrected chi connectivity index (χ4v) is 8.41. The summed E-state index contributed by atoms with van der Waals surface area (Å²) in [6.07, 6.45) is 3.76. The second kappa shape index (κ2) is 9.54. The Hall–Kier alpha value is -5.93. The van der Waals surface area contributed by atoms with Crippen LogP contribution in [0.5, 0.6) is 0 Å². The van der Waals surface area contributed by atoms with Crippen LogP contribution < -0.4 is 0 Å². The second-order valence-electron chi connectivity index (χ2n) is 13.2. The van der Waals surface area contributed by atoms with E-state index in [0.29, 0.717) is 0 Å². The molecule has 1 aliphatic rings. The van der Waals surface area contributed by atoms with Gasteiger partial charge in [-0.15, -0.1) is 0 Å². The molecule has 3 heteroatoms. The lowest BCUT2D eigenvalue weighted by atomic mass is 9.80. The first-order valence-corrected chi connectivity index (χ1v) is 16.3. The molecular weight excluding hydrogens is 571 g/mol. The molecule has 9 aromatic rings. The van der Waals surface area contributed by atoms with Crippen LogP contribution in [-0.2, 0) is 5.41 Å². The predicted octanol–water partition coefficient (Wildman–Crippen LogP) is 11.2. The Bertz CT molecular complexity index is 2670. The Labute approximate surface area is 273 Å². The average molecular weight is 602 g/mol. The van der Waals surface area contributed by atoms with Gasteiger partial charge in [0.25, 0.3) is 0 Å². The molecule has 3 nitrogen and oxygen atoms in total. The van der Waals surface area contributed by atoms with Gasteiger partial charge in [0.15, 0.2) is 0 Å². The summed E-state index contributed by atoms with van der Waals surface area (Å²) < 4.78 is 5.02. The zero-order valence-electron chi connectivity index (χ0n) is 26.3. The molecule has 3 heterocycles. The Morgan fingerprint density at radius 2 is 1.13 bits per heavy atom. The van der Waals surface area contributed by atoms with Gasteiger partial charge in [-0.3, -0.25) is 4.98 Å². The molecule has 6 aromatic carbocycles. The minimum Gasteiger partial charge on any atom is -0.309 e. The van der Waals surface area contributed by atoms with Gasteiger partial charge < -0.3 is 9.13 Å². The Kier molecular flexibility index (Phi) is 5.34. The highest BCUT2D eigenvalue weighted by molar-refractivity contribution is 6.31. The van der Waals surface area contributed by atoms with Gasteiger partial charge in [-0.05, 0) is 70.3 Å². The summed E-state index contributed by atoms with van der Waals surface area (Å²) in [6, 6.07) is 50.9. The normalized spacial score (nSPS) is 13.5. The lowest BCUT2D eigenvalue weighted by Crippen LogP contribution is -2.15. The third-order valence-corrected chi connectivity index (χ3v) is 10.4. The van der Waals surface area contributed by atoms with Gasteiger partial charge in [-0.2, -0.15) is 0 Å². The fraction of sp³-hybridized carbons (Fsp3) is 0.0682. The van der Waals surface area contributed by atoms with E-state index in [2.05, 4.69) is 161 Å². The zero-order chi connectivity index (χ0) is 31.3. The molecule has 0 N–H and O–H groups in total. The van der Waals surface area contributed by atoms with E-state index in [1.54, 1.807) is 0 Å². The van der Waals surface area contributed by atoms with Crippen LogP contribution in [0.1, 0.15) is 25.0 Å². The van der Waals surface area contributed by atoms with Crippen molar-refractivity contribution in [3.8, 4) is 33.6 Å². The van der Waals surface area contributed by atoms with E-state index in [9.17, 15) is 0 Å². The highest BCUT2D eigenvalue weighted by atomic mass is 15.0. The van der Waals surface area contributed by atoms with E-state index in [1.807, 2.05) is 18.5 Å². The highest BCUT2D eigenvalue weighted by Gasteiger charge is 2.41. The van der Waals surface area contributed by atoms with E-state index in [0.717, 1.165) is 16.8 Å². The average Bonchev–Trinajstić information content (AvgIpc) is 3.73. The molecular formula is C44H31N3. The second-order valence-corrected chi connectivity index (χ2v) is 13.2. The number of nitrogens with zero attached hydrogens (tertiary/aromatic N) is 3. The van der Waals surface area contributed by atoms with Crippen molar-refractivity contribution in [2.45, 2.75) is 19.3 Å². The van der Waals surface area contributed by atoms with Crippen LogP contribution in [0.3, 0.4) is 0 Å². The van der Waals surface area contributed by atoms with Crippen molar-refractivity contribution in [2.24, 2.45) is 0 Å². The number of pyridine rings is 1. The van der Waals surface area contributed by atoms with Gasteiger partial charge in [-0.1, -0.05) is 111 Å². The van der Waals surface area contributed by atoms with Crippen LogP contribution in [0, 0.1) is 0 Å². The minimum atomic E-state index is -0.199. The molecule has 1 aliphatic carbocycles. The lowest BCUT2D eigenvalue weighted by Gasteiger charge is -2.23. The molecule has 0 saturated heterocycles. The van der Waals surface area contributed by atoms with E-state index in [4.69, 9.17) is 0 Å².